The number of hydrogen-bond acceptors (Lipinski definition) is 7. The van der Waals surface area contributed by atoms with Gasteiger partial charge in [0.05, 0.1) is 12.7 Å². The molecule has 2 aliphatic rings. The van der Waals surface area contributed by atoms with Gasteiger partial charge in [-0.05, 0) is 26.8 Å². The summed E-state index contributed by atoms with van der Waals surface area (Å²) in [6.45, 7) is 4.99. The van der Waals surface area contributed by atoms with Crippen LogP contribution in [-0.4, -0.2) is 38.8 Å². The smallest absolute Gasteiger partial charge is 0.346 e. The lowest BCUT2D eigenvalue weighted by Crippen LogP contribution is -2.43. The summed E-state index contributed by atoms with van der Waals surface area (Å²) in [4.78, 5) is 15.9. The molecule has 134 valence electrons. The van der Waals surface area contributed by atoms with Crippen LogP contribution in [0.2, 0.25) is 0 Å². The molecule has 1 aromatic rings. The average molecular weight is 399 g/mol. The predicted octanol–water partition coefficient (Wildman–Crippen LogP) is 2.57. The summed E-state index contributed by atoms with van der Waals surface area (Å²) in [5.41, 5.74) is -0.0114. The minimum absolute atomic E-state index is 0.0829. The molecule has 0 aliphatic carbocycles. The van der Waals surface area contributed by atoms with E-state index in [2.05, 4.69) is 4.98 Å². The average Bonchev–Trinajstić information content (AvgIpc) is 2.69. The molecule has 0 radical (unpaired) electrons. The monoisotopic (exact) mass is 398 g/mol. The van der Waals surface area contributed by atoms with E-state index in [0.717, 1.165) is 0 Å². The Morgan fingerprint density at radius 2 is 2.21 bits per heavy atom. The molecule has 1 unspecified atom stereocenters. The second-order valence-corrected chi connectivity index (χ2v) is 8.90. The van der Waals surface area contributed by atoms with Gasteiger partial charge >= 0.3 is 13.5 Å². The maximum Gasteiger partial charge on any atom is 0.475 e. The van der Waals surface area contributed by atoms with Gasteiger partial charge in [0.2, 0.25) is 0 Å². The largest absolute Gasteiger partial charge is 0.475 e. The Hall–Kier alpha value is -0.470. The summed E-state index contributed by atoms with van der Waals surface area (Å²) in [5, 5.41) is 0. The maximum absolute atomic E-state index is 12.5. The van der Waals surface area contributed by atoms with Crippen LogP contribution in [0.25, 0.3) is 0 Å². The molecule has 2 saturated heterocycles. The van der Waals surface area contributed by atoms with Crippen LogP contribution in [0.3, 0.4) is 0 Å². The number of rotatable bonds is 3. The first-order valence-corrected chi connectivity index (χ1v) is 9.54. The van der Waals surface area contributed by atoms with Crippen molar-refractivity contribution < 1.29 is 22.9 Å². The van der Waals surface area contributed by atoms with Crippen molar-refractivity contribution in [3.63, 3.8) is 0 Å². The van der Waals surface area contributed by atoms with Crippen molar-refractivity contribution >= 4 is 31.0 Å². The Balaban J connectivity index is 1.90. The van der Waals surface area contributed by atoms with Crippen molar-refractivity contribution in [3.05, 3.63) is 28.4 Å². The Morgan fingerprint density at radius 1 is 1.50 bits per heavy atom. The second kappa shape index (κ2) is 6.36. The fourth-order valence-corrected chi connectivity index (χ4v) is 4.96. The molecule has 0 N–H and O–H groups in total. The van der Waals surface area contributed by atoms with E-state index >= 15 is 0 Å². The first-order chi connectivity index (χ1) is 11.1. The molecule has 24 heavy (non-hydrogen) atoms. The van der Waals surface area contributed by atoms with Crippen molar-refractivity contribution in [1.29, 1.82) is 0 Å². The molecule has 0 spiro atoms. The molecule has 0 saturated carbocycles. The van der Waals surface area contributed by atoms with E-state index in [0.29, 0.717) is 5.69 Å². The zero-order valence-corrected chi connectivity index (χ0v) is 15.6. The van der Waals surface area contributed by atoms with Crippen LogP contribution in [0, 0.1) is 6.92 Å². The van der Waals surface area contributed by atoms with Gasteiger partial charge in [-0.3, -0.25) is 18.1 Å². The molecular formula is C13H17Cl2N2O6P. The van der Waals surface area contributed by atoms with Gasteiger partial charge in [-0.1, -0.05) is 23.2 Å². The third kappa shape index (κ3) is 3.29. The number of fused-ring (bicyclic) bond motifs is 1. The van der Waals surface area contributed by atoms with Gasteiger partial charge in [0.1, 0.15) is 12.2 Å². The fourth-order valence-electron chi connectivity index (χ4n) is 2.56. The lowest BCUT2D eigenvalue weighted by molar-refractivity contribution is -0.0748. The van der Waals surface area contributed by atoms with Crippen molar-refractivity contribution in [1.82, 2.24) is 9.55 Å². The van der Waals surface area contributed by atoms with E-state index in [-0.39, 0.29) is 12.7 Å². The van der Waals surface area contributed by atoms with Gasteiger partial charge in [0.25, 0.3) is 0 Å². The summed E-state index contributed by atoms with van der Waals surface area (Å²) in [7, 11) is -3.81. The van der Waals surface area contributed by atoms with E-state index in [4.69, 9.17) is 41.5 Å². The van der Waals surface area contributed by atoms with Crippen molar-refractivity contribution in [2.24, 2.45) is 0 Å². The summed E-state index contributed by atoms with van der Waals surface area (Å²) < 4.78 is 33.5. The van der Waals surface area contributed by atoms with E-state index in [1.165, 1.54) is 10.8 Å². The van der Waals surface area contributed by atoms with E-state index < -0.39 is 36.3 Å². The van der Waals surface area contributed by atoms with Crippen molar-refractivity contribution in [2.75, 3.05) is 6.61 Å². The number of nitrogens with zero attached hydrogens (tertiary/aromatic N) is 2. The van der Waals surface area contributed by atoms with E-state index in [1.807, 2.05) is 0 Å². The maximum atomic E-state index is 12.5. The molecular weight excluding hydrogens is 382 g/mol. The van der Waals surface area contributed by atoms with Gasteiger partial charge in [-0.2, -0.15) is 4.98 Å². The zero-order valence-electron chi connectivity index (χ0n) is 13.2. The normalized spacial score (nSPS) is 35.2. The number of halogens is 2. The third-order valence-electron chi connectivity index (χ3n) is 3.55. The number of phosphoric ester groups is 1. The highest BCUT2D eigenvalue weighted by Gasteiger charge is 2.62. The number of phosphoric acid groups is 1. The molecule has 11 heteroatoms. The van der Waals surface area contributed by atoms with Crippen LogP contribution in [-0.2, 0) is 22.9 Å². The van der Waals surface area contributed by atoms with Gasteiger partial charge in [-0.15, -0.1) is 0 Å². The predicted molar refractivity (Wildman–Crippen MR) is 86.2 cm³/mol. The number of alkyl halides is 2. The van der Waals surface area contributed by atoms with Crippen molar-refractivity contribution in [3.8, 4) is 0 Å². The van der Waals surface area contributed by atoms with E-state index in [9.17, 15) is 9.36 Å². The van der Waals surface area contributed by atoms with Crippen molar-refractivity contribution in [2.45, 2.75) is 49.6 Å². The molecule has 0 aromatic carbocycles. The molecule has 1 aromatic heterocycles. The quantitative estimate of drug-likeness (QED) is 0.570. The number of ether oxygens (including phenoxy) is 1. The standard InChI is InChI=1S/C13H17Cl2N2O6P/c1-7(2)22-24(19)20-6-9-10(23-24)13(14,15)11(21-9)17-5-4-8(3)16-12(17)18/h4-5,7,9-11H,6H2,1-3H3/t9-,10-,11-,24?/m1/s1. The van der Waals surface area contributed by atoms with Crippen LogP contribution < -0.4 is 5.69 Å². The summed E-state index contributed by atoms with van der Waals surface area (Å²) in [5.74, 6) is 0. The number of aryl methyl sites for hydroxylation is 1. The number of hydrogen-bond donors (Lipinski definition) is 0. The Morgan fingerprint density at radius 3 is 2.83 bits per heavy atom. The third-order valence-corrected chi connectivity index (χ3v) is 5.99. The molecule has 2 fully saturated rings. The fraction of sp³-hybridized carbons (Fsp3) is 0.692. The molecule has 2 aliphatic heterocycles. The number of aromatic nitrogens is 2. The second-order valence-electron chi connectivity index (χ2n) is 5.88. The molecule has 3 heterocycles. The lowest BCUT2D eigenvalue weighted by atomic mass is 10.2. The van der Waals surface area contributed by atoms with Crippen LogP contribution >= 0.6 is 31.0 Å². The van der Waals surface area contributed by atoms with Crippen LogP contribution in [0.1, 0.15) is 25.8 Å². The highest BCUT2D eigenvalue weighted by Crippen LogP contribution is 2.61. The summed E-state index contributed by atoms with van der Waals surface area (Å²) >= 11 is 12.8. The topological polar surface area (TPSA) is 88.9 Å². The van der Waals surface area contributed by atoms with Crippen LogP contribution in [0.15, 0.2) is 17.1 Å². The molecule has 3 rings (SSSR count). The Bertz CT molecular complexity index is 739. The summed E-state index contributed by atoms with van der Waals surface area (Å²) in [6.07, 6.45) is -1.65. The lowest BCUT2D eigenvalue weighted by Gasteiger charge is -2.33. The Labute approximate surface area is 148 Å². The minimum atomic E-state index is -3.81. The van der Waals surface area contributed by atoms with Gasteiger partial charge < -0.3 is 4.74 Å². The zero-order chi connectivity index (χ0) is 17.7. The Kier molecular flexibility index (Phi) is 4.85. The first-order valence-electron chi connectivity index (χ1n) is 7.33. The highest BCUT2D eigenvalue weighted by atomic mass is 35.5. The highest BCUT2D eigenvalue weighted by molar-refractivity contribution is 7.48. The van der Waals surface area contributed by atoms with Crippen LogP contribution in [0.5, 0.6) is 0 Å². The minimum Gasteiger partial charge on any atom is -0.346 e. The molecule has 8 nitrogen and oxygen atoms in total. The van der Waals surface area contributed by atoms with Gasteiger partial charge in [0.15, 0.2) is 10.6 Å². The molecule has 0 amide bonds. The SMILES string of the molecule is Cc1ccn([C@@H]2O[C@@H]3COP(=O)(OC(C)C)O[C@H]3C2(Cl)Cl)c(=O)n1. The van der Waals surface area contributed by atoms with Gasteiger partial charge in [-0.25, -0.2) is 9.36 Å². The van der Waals surface area contributed by atoms with E-state index in [1.54, 1.807) is 26.8 Å². The van der Waals surface area contributed by atoms with Crippen LogP contribution in [0.4, 0.5) is 0 Å². The molecule has 4 atom stereocenters. The van der Waals surface area contributed by atoms with Gasteiger partial charge in [0, 0.05) is 11.9 Å². The summed E-state index contributed by atoms with van der Waals surface area (Å²) in [6, 6.07) is 1.63. The molecule has 0 bridgehead atoms. The first kappa shape index (κ1) is 18.3.